The van der Waals surface area contributed by atoms with Crippen LogP contribution in [0.2, 0.25) is 0 Å². The van der Waals surface area contributed by atoms with E-state index in [0.29, 0.717) is 25.2 Å². The molecule has 0 fully saturated rings. The molecule has 0 N–H and O–H groups in total. The molecule has 5 heteroatoms. The van der Waals surface area contributed by atoms with Gasteiger partial charge in [0.15, 0.2) is 0 Å². The van der Waals surface area contributed by atoms with Crippen molar-refractivity contribution in [3.8, 4) is 16.9 Å². The SMILES string of the molecule is CCOC(=O)CCc1ccc(OCc2cc(F)ccc2-c2ccc3c(c2)CC3)cn1. The molecule has 3 aromatic rings. The second kappa shape index (κ2) is 9.08. The molecule has 1 heterocycles. The average Bonchev–Trinajstić information content (AvgIpc) is 2.73. The first kappa shape index (κ1) is 20.1. The maximum absolute atomic E-state index is 13.9. The molecule has 0 radical (unpaired) electrons. The number of carbonyl (C=O) groups excluding carboxylic acids is 1. The molecular formula is C25H24FNO3. The number of nitrogens with zero attached hydrogens (tertiary/aromatic N) is 1. The number of hydrogen-bond donors (Lipinski definition) is 0. The maximum atomic E-state index is 13.9. The lowest BCUT2D eigenvalue weighted by Gasteiger charge is -2.20. The Morgan fingerprint density at radius 2 is 1.93 bits per heavy atom. The van der Waals surface area contributed by atoms with Gasteiger partial charge in [-0.25, -0.2) is 4.39 Å². The number of pyridine rings is 1. The lowest BCUT2D eigenvalue weighted by Crippen LogP contribution is -2.08. The van der Waals surface area contributed by atoms with Crippen molar-refractivity contribution in [1.82, 2.24) is 4.98 Å². The molecule has 2 aromatic carbocycles. The van der Waals surface area contributed by atoms with E-state index in [-0.39, 0.29) is 18.4 Å². The van der Waals surface area contributed by atoms with Crippen LogP contribution in [0.1, 0.15) is 35.7 Å². The summed E-state index contributed by atoms with van der Waals surface area (Å²) >= 11 is 0. The smallest absolute Gasteiger partial charge is 0.306 e. The van der Waals surface area contributed by atoms with E-state index in [1.165, 1.54) is 23.3 Å². The van der Waals surface area contributed by atoms with Crippen LogP contribution in [0.4, 0.5) is 4.39 Å². The summed E-state index contributed by atoms with van der Waals surface area (Å²) in [7, 11) is 0. The maximum Gasteiger partial charge on any atom is 0.306 e. The Morgan fingerprint density at radius 3 is 2.63 bits per heavy atom. The molecule has 1 aliphatic carbocycles. The molecule has 1 aliphatic rings. The molecule has 0 unspecified atom stereocenters. The molecule has 0 saturated carbocycles. The van der Waals surface area contributed by atoms with Crippen LogP contribution in [-0.4, -0.2) is 17.6 Å². The number of carbonyl (C=O) groups is 1. The van der Waals surface area contributed by atoms with E-state index in [1.54, 1.807) is 13.1 Å². The minimum Gasteiger partial charge on any atom is -0.487 e. The van der Waals surface area contributed by atoms with E-state index in [2.05, 4.69) is 23.2 Å². The Balaban J connectivity index is 1.43. The van der Waals surface area contributed by atoms with Gasteiger partial charge in [0.1, 0.15) is 18.2 Å². The zero-order chi connectivity index (χ0) is 20.9. The predicted octanol–water partition coefficient (Wildman–Crippen LogP) is 5.06. The summed E-state index contributed by atoms with van der Waals surface area (Å²) in [6.07, 6.45) is 4.69. The first-order valence-corrected chi connectivity index (χ1v) is 10.3. The van der Waals surface area contributed by atoms with Gasteiger partial charge < -0.3 is 9.47 Å². The second-order valence-electron chi connectivity index (χ2n) is 7.36. The van der Waals surface area contributed by atoms with E-state index in [9.17, 15) is 9.18 Å². The number of rotatable bonds is 8. The van der Waals surface area contributed by atoms with Crippen molar-refractivity contribution in [2.24, 2.45) is 0 Å². The number of aryl methyl sites for hydroxylation is 3. The quantitative estimate of drug-likeness (QED) is 0.492. The minimum atomic E-state index is -0.284. The number of benzene rings is 2. The number of fused-ring (bicyclic) bond motifs is 1. The van der Waals surface area contributed by atoms with Crippen LogP contribution < -0.4 is 4.74 Å². The minimum absolute atomic E-state index is 0.228. The molecule has 0 spiro atoms. The first-order chi connectivity index (χ1) is 14.6. The Kier molecular flexibility index (Phi) is 6.07. The molecule has 30 heavy (non-hydrogen) atoms. The number of hydrogen-bond acceptors (Lipinski definition) is 4. The summed E-state index contributed by atoms with van der Waals surface area (Å²) in [6, 6.07) is 14.9. The highest BCUT2D eigenvalue weighted by Gasteiger charge is 2.15. The molecule has 0 saturated heterocycles. The van der Waals surface area contributed by atoms with Crippen molar-refractivity contribution >= 4 is 5.97 Å². The lowest BCUT2D eigenvalue weighted by atomic mass is 9.85. The summed E-state index contributed by atoms with van der Waals surface area (Å²) < 4.78 is 24.7. The van der Waals surface area contributed by atoms with Gasteiger partial charge in [-0.15, -0.1) is 0 Å². The van der Waals surface area contributed by atoms with Crippen molar-refractivity contribution < 1.29 is 18.7 Å². The van der Waals surface area contributed by atoms with Gasteiger partial charge >= 0.3 is 5.97 Å². The molecule has 154 valence electrons. The van der Waals surface area contributed by atoms with Crippen LogP contribution in [-0.2, 0) is 35.4 Å². The van der Waals surface area contributed by atoms with Crippen LogP contribution in [0.3, 0.4) is 0 Å². The highest BCUT2D eigenvalue weighted by Crippen LogP contribution is 2.31. The van der Waals surface area contributed by atoms with Crippen molar-refractivity contribution in [1.29, 1.82) is 0 Å². The molecule has 0 aliphatic heterocycles. The van der Waals surface area contributed by atoms with E-state index in [1.807, 2.05) is 18.2 Å². The second-order valence-corrected chi connectivity index (χ2v) is 7.36. The Bertz CT molecular complexity index is 1050. The third-order valence-corrected chi connectivity index (χ3v) is 5.33. The molecular weight excluding hydrogens is 381 g/mol. The number of ether oxygens (including phenoxy) is 2. The van der Waals surface area contributed by atoms with Crippen LogP contribution in [0.25, 0.3) is 11.1 Å². The summed E-state index contributed by atoms with van der Waals surface area (Å²) in [6.45, 7) is 2.41. The zero-order valence-corrected chi connectivity index (χ0v) is 17.0. The van der Waals surface area contributed by atoms with Crippen LogP contribution in [0.15, 0.2) is 54.7 Å². The zero-order valence-electron chi connectivity index (χ0n) is 17.0. The predicted molar refractivity (Wildman–Crippen MR) is 113 cm³/mol. The van der Waals surface area contributed by atoms with Gasteiger partial charge in [-0.05, 0) is 71.8 Å². The average molecular weight is 405 g/mol. The van der Waals surface area contributed by atoms with Gasteiger partial charge in [-0.1, -0.05) is 24.3 Å². The Hall–Kier alpha value is -3.21. The highest BCUT2D eigenvalue weighted by molar-refractivity contribution is 5.70. The van der Waals surface area contributed by atoms with Gasteiger partial charge in [0.25, 0.3) is 0 Å². The molecule has 4 nitrogen and oxygen atoms in total. The van der Waals surface area contributed by atoms with Gasteiger partial charge in [0.2, 0.25) is 0 Å². The van der Waals surface area contributed by atoms with Gasteiger partial charge in [0, 0.05) is 12.1 Å². The summed E-state index contributed by atoms with van der Waals surface area (Å²) in [5, 5.41) is 0. The van der Waals surface area contributed by atoms with E-state index < -0.39 is 0 Å². The summed E-state index contributed by atoms with van der Waals surface area (Å²) in [5.74, 6) is 0.0880. The van der Waals surface area contributed by atoms with Crippen LogP contribution in [0, 0.1) is 5.82 Å². The number of esters is 1. The fourth-order valence-corrected chi connectivity index (χ4v) is 3.59. The molecule has 4 rings (SSSR count). The van der Waals surface area contributed by atoms with Crippen molar-refractivity contribution in [2.45, 2.75) is 39.2 Å². The normalized spacial score (nSPS) is 12.1. The third-order valence-electron chi connectivity index (χ3n) is 5.33. The topological polar surface area (TPSA) is 48.4 Å². The molecule has 0 bridgehead atoms. The van der Waals surface area contributed by atoms with Gasteiger partial charge in [-0.3, -0.25) is 9.78 Å². The van der Waals surface area contributed by atoms with E-state index in [4.69, 9.17) is 9.47 Å². The van der Waals surface area contributed by atoms with E-state index >= 15 is 0 Å². The Morgan fingerprint density at radius 1 is 1.07 bits per heavy atom. The lowest BCUT2D eigenvalue weighted by molar-refractivity contribution is -0.143. The van der Waals surface area contributed by atoms with Crippen molar-refractivity contribution in [2.75, 3.05) is 6.61 Å². The monoisotopic (exact) mass is 405 g/mol. The fraction of sp³-hybridized carbons (Fsp3) is 0.280. The summed E-state index contributed by atoms with van der Waals surface area (Å²) in [5.41, 5.74) is 6.41. The third kappa shape index (κ3) is 4.67. The number of halogens is 1. The summed E-state index contributed by atoms with van der Waals surface area (Å²) in [4.78, 5) is 15.8. The van der Waals surface area contributed by atoms with Crippen molar-refractivity contribution in [3.05, 3.63) is 82.9 Å². The van der Waals surface area contributed by atoms with E-state index in [0.717, 1.165) is 35.2 Å². The molecule has 0 amide bonds. The van der Waals surface area contributed by atoms with Crippen LogP contribution in [0.5, 0.6) is 5.75 Å². The highest BCUT2D eigenvalue weighted by atomic mass is 19.1. The van der Waals surface area contributed by atoms with Crippen molar-refractivity contribution in [3.63, 3.8) is 0 Å². The van der Waals surface area contributed by atoms with Gasteiger partial charge in [0.05, 0.1) is 19.2 Å². The van der Waals surface area contributed by atoms with Crippen LogP contribution >= 0.6 is 0 Å². The standard InChI is InChI=1S/C25H24FNO3/c1-2-29-25(28)12-9-22-8-10-23(15-27-22)30-16-20-14-21(26)7-11-24(20)19-6-4-17-3-5-18(17)13-19/h4,6-8,10-11,13-15H,2-3,5,9,12,16H2,1H3. The molecule has 1 aromatic heterocycles. The Labute approximate surface area is 175 Å². The van der Waals surface area contributed by atoms with Gasteiger partial charge in [-0.2, -0.15) is 0 Å². The first-order valence-electron chi connectivity index (χ1n) is 10.3. The largest absolute Gasteiger partial charge is 0.487 e. The fourth-order valence-electron chi connectivity index (χ4n) is 3.59. The number of aromatic nitrogens is 1. The molecule has 0 atom stereocenters.